The Balaban J connectivity index is 2.81. The summed E-state index contributed by atoms with van der Waals surface area (Å²) in [6, 6.07) is 5.64. The zero-order chi connectivity index (χ0) is 9.42. The van der Waals surface area contributed by atoms with E-state index >= 15 is 0 Å². The van der Waals surface area contributed by atoms with Crippen molar-refractivity contribution in [2.75, 3.05) is 0 Å². The SMILES string of the molecule is Oc1cc2cc(Br)c(I)cc2cn1. The minimum Gasteiger partial charge on any atom is -0.493 e. The summed E-state index contributed by atoms with van der Waals surface area (Å²) in [6.07, 6.45) is 1.67. The molecule has 2 rings (SSSR count). The third-order valence-electron chi connectivity index (χ3n) is 1.75. The van der Waals surface area contributed by atoms with Crippen LogP contribution in [0.25, 0.3) is 10.8 Å². The van der Waals surface area contributed by atoms with Gasteiger partial charge in [0, 0.05) is 25.7 Å². The third-order valence-corrected chi connectivity index (χ3v) is 4.04. The molecule has 0 saturated carbocycles. The number of fused-ring (bicyclic) bond motifs is 1. The van der Waals surface area contributed by atoms with E-state index in [2.05, 4.69) is 43.5 Å². The predicted octanol–water partition coefficient (Wildman–Crippen LogP) is 3.31. The summed E-state index contributed by atoms with van der Waals surface area (Å²) in [7, 11) is 0. The standard InChI is InChI=1S/C9H5BrINO/c10-7-1-5-3-9(13)12-4-6(5)2-8(7)11/h1-4H,(H,12,13). The highest BCUT2D eigenvalue weighted by atomic mass is 127. The molecule has 0 radical (unpaired) electrons. The molecule has 4 heteroatoms. The van der Waals surface area contributed by atoms with Gasteiger partial charge in [0.2, 0.25) is 5.88 Å². The predicted molar refractivity (Wildman–Crippen MR) is 63.8 cm³/mol. The van der Waals surface area contributed by atoms with E-state index in [0.717, 1.165) is 18.8 Å². The Bertz CT molecular complexity index is 472. The summed E-state index contributed by atoms with van der Waals surface area (Å²) < 4.78 is 2.17. The van der Waals surface area contributed by atoms with Crippen molar-refractivity contribution in [1.82, 2.24) is 4.98 Å². The van der Waals surface area contributed by atoms with Crippen LogP contribution in [0.3, 0.4) is 0 Å². The number of aromatic nitrogens is 1. The van der Waals surface area contributed by atoms with Gasteiger partial charge >= 0.3 is 0 Å². The fourth-order valence-corrected chi connectivity index (χ4v) is 1.98. The van der Waals surface area contributed by atoms with Crippen molar-refractivity contribution >= 4 is 49.3 Å². The first kappa shape index (κ1) is 9.21. The fraction of sp³-hybridized carbons (Fsp3) is 0. The maximum absolute atomic E-state index is 9.16. The Morgan fingerprint density at radius 1 is 1.23 bits per heavy atom. The number of benzene rings is 1. The van der Waals surface area contributed by atoms with Crippen LogP contribution in [0.1, 0.15) is 0 Å². The molecule has 0 amide bonds. The number of pyridine rings is 1. The van der Waals surface area contributed by atoms with Gasteiger partial charge in [-0.2, -0.15) is 0 Å². The molecule has 2 aromatic rings. The molecular weight excluding hydrogens is 345 g/mol. The third kappa shape index (κ3) is 1.78. The second kappa shape index (κ2) is 3.42. The second-order valence-corrected chi connectivity index (χ2v) is 4.67. The molecule has 0 aliphatic rings. The monoisotopic (exact) mass is 349 g/mol. The summed E-state index contributed by atoms with van der Waals surface area (Å²) >= 11 is 5.68. The van der Waals surface area contributed by atoms with Gasteiger partial charge in [-0.3, -0.25) is 0 Å². The van der Waals surface area contributed by atoms with E-state index in [-0.39, 0.29) is 5.88 Å². The van der Waals surface area contributed by atoms with Crippen molar-refractivity contribution in [2.45, 2.75) is 0 Å². The molecule has 0 unspecified atom stereocenters. The lowest BCUT2D eigenvalue weighted by Crippen LogP contribution is -1.80. The molecule has 1 heterocycles. The van der Waals surface area contributed by atoms with Gasteiger partial charge < -0.3 is 5.11 Å². The van der Waals surface area contributed by atoms with Crippen LogP contribution in [-0.2, 0) is 0 Å². The zero-order valence-electron chi connectivity index (χ0n) is 6.46. The van der Waals surface area contributed by atoms with E-state index in [1.807, 2.05) is 12.1 Å². The van der Waals surface area contributed by atoms with Gasteiger partial charge in [-0.05, 0) is 56.0 Å². The van der Waals surface area contributed by atoms with Gasteiger partial charge in [0.05, 0.1) is 0 Å². The van der Waals surface area contributed by atoms with Gasteiger partial charge in [-0.25, -0.2) is 4.98 Å². The van der Waals surface area contributed by atoms with Crippen LogP contribution in [0, 0.1) is 3.57 Å². The molecule has 0 bridgehead atoms. The Morgan fingerprint density at radius 2 is 2.00 bits per heavy atom. The highest BCUT2D eigenvalue weighted by Gasteiger charge is 2.01. The number of aromatic hydroxyl groups is 1. The molecule has 0 spiro atoms. The molecule has 0 aliphatic heterocycles. The minimum atomic E-state index is 0.0561. The lowest BCUT2D eigenvalue weighted by Gasteiger charge is -2.00. The van der Waals surface area contributed by atoms with Crippen LogP contribution in [0.5, 0.6) is 5.88 Å². The van der Waals surface area contributed by atoms with Crippen LogP contribution in [-0.4, -0.2) is 10.1 Å². The lowest BCUT2D eigenvalue weighted by atomic mass is 10.2. The van der Waals surface area contributed by atoms with Crippen molar-refractivity contribution in [3.05, 3.63) is 32.4 Å². The largest absolute Gasteiger partial charge is 0.493 e. The number of hydrogen-bond acceptors (Lipinski definition) is 2. The number of rotatable bonds is 0. The number of hydrogen-bond donors (Lipinski definition) is 1. The first-order valence-electron chi connectivity index (χ1n) is 3.60. The minimum absolute atomic E-state index is 0.0561. The molecule has 0 atom stereocenters. The molecule has 2 nitrogen and oxygen atoms in total. The average Bonchev–Trinajstić information content (AvgIpc) is 2.08. The Labute approximate surface area is 97.3 Å². The quantitative estimate of drug-likeness (QED) is 0.740. The van der Waals surface area contributed by atoms with E-state index in [0.29, 0.717) is 0 Å². The first-order valence-corrected chi connectivity index (χ1v) is 5.48. The molecule has 13 heavy (non-hydrogen) atoms. The molecule has 0 saturated heterocycles. The molecule has 0 aliphatic carbocycles. The topological polar surface area (TPSA) is 33.1 Å². The van der Waals surface area contributed by atoms with E-state index < -0.39 is 0 Å². The van der Waals surface area contributed by atoms with E-state index in [4.69, 9.17) is 5.11 Å². The summed E-state index contributed by atoms with van der Waals surface area (Å²) in [5, 5.41) is 11.2. The maximum Gasteiger partial charge on any atom is 0.211 e. The number of nitrogens with zero attached hydrogens (tertiary/aromatic N) is 1. The zero-order valence-corrected chi connectivity index (χ0v) is 10.2. The van der Waals surface area contributed by atoms with Crippen molar-refractivity contribution in [1.29, 1.82) is 0 Å². The van der Waals surface area contributed by atoms with Gasteiger partial charge in [0.15, 0.2) is 0 Å². The van der Waals surface area contributed by atoms with Crippen LogP contribution in [0.2, 0.25) is 0 Å². The average molecular weight is 350 g/mol. The summed E-state index contributed by atoms with van der Waals surface area (Å²) in [5.74, 6) is 0.0561. The van der Waals surface area contributed by atoms with Crippen LogP contribution < -0.4 is 0 Å². The highest BCUT2D eigenvalue weighted by molar-refractivity contribution is 14.1. The van der Waals surface area contributed by atoms with E-state index in [1.54, 1.807) is 12.3 Å². The van der Waals surface area contributed by atoms with Gasteiger partial charge in [0.25, 0.3) is 0 Å². The second-order valence-electron chi connectivity index (χ2n) is 2.66. The van der Waals surface area contributed by atoms with Crippen LogP contribution >= 0.6 is 38.5 Å². The maximum atomic E-state index is 9.16. The molecule has 0 fully saturated rings. The molecule has 1 aromatic carbocycles. The van der Waals surface area contributed by atoms with Gasteiger partial charge in [-0.15, -0.1) is 0 Å². The van der Waals surface area contributed by atoms with Gasteiger partial charge in [0.1, 0.15) is 0 Å². The summed E-state index contributed by atoms with van der Waals surface area (Å²) in [4.78, 5) is 3.82. The molecule has 1 N–H and O–H groups in total. The molecule has 66 valence electrons. The lowest BCUT2D eigenvalue weighted by molar-refractivity contribution is 0.454. The number of halogens is 2. The summed E-state index contributed by atoms with van der Waals surface area (Å²) in [6.45, 7) is 0. The molecular formula is C9H5BrINO. The van der Waals surface area contributed by atoms with Crippen LogP contribution in [0.4, 0.5) is 0 Å². The Kier molecular flexibility index (Phi) is 2.42. The van der Waals surface area contributed by atoms with E-state index in [1.165, 1.54) is 0 Å². The first-order chi connectivity index (χ1) is 6.16. The fourth-order valence-electron chi connectivity index (χ4n) is 1.13. The Morgan fingerprint density at radius 3 is 2.77 bits per heavy atom. The molecule has 1 aromatic heterocycles. The smallest absolute Gasteiger partial charge is 0.211 e. The summed E-state index contributed by atoms with van der Waals surface area (Å²) in [5.41, 5.74) is 0. The Hall–Kier alpha value is -0.360. The van der Waals surface area contributed by atoms with Crippen LogP contribution in [0.15, 0.2) is 28.9 Å². The normalized spacial score (nSPS) is 10.6. The van der Waals surface area contributed by atoms with Crippen molar-refractivity contribution < 1.29 is 5.11 Å². The van der Waals surface area contributed by atoms with E-state index in [9.17, 15) is 0 Å². The van der Waals surface area contributed by atoms with Crippen molar-refractivity contribution in [3.63, 3.8) is 0 Å². The van der Waals surface area contributed by atoms with Crippen molar-refractivity contribution in [2.24, 2.45) is 0 Å². The van der Waals surface area contributed by atoms with Crippen molar-refractivity contribution in [3.8, 4) is 5.88 Å². The van der Waals surface area contributed by atoms with Gasteiger partial charge in [-0.1, -0.05) is 0 Å². The highest BCUT2D eigenvalue weighted by Crippen LogP contribution is 2.26.